The number of rotatable bonds is 4. The average Bonchev–Trinajstić information content (AvgIpc) is 2.65. The number of anilines is 1. The highest BCUT2D eigenvalue weighted by Crippen LogP contribution is 2.18. The summed E-state index contributed by atoms with van der Waals surface area (Å²) < 4.78 is 0. The fraction of sp³-hybridized carbons (Fsp3) is 0.158. The quantitative estimate of drug-likeness (QED) is 0.419. The summed E-state index contributed by atoms with van der Waals surface area (Å²) in [5, 5.41) is 5.64. The van der Waals surface area contributed by atoms with E-state index in [0.717, 1.165) is 0 Å². The number of hydrazine groups is 1. The molecule has 0 radical (unpaired) electrons. The van der Waals surface area contributed by atoms with E-state index in [2.05, 4.69) is 21.5 Å². The van der Waals surface area contributed by atoms with Crippen LogP contribution in [-0.4, -0.2) is 22.8 Å². The summed E-state index contributed by atoms with van der Waals surface area (Å²) in [6.07, 6.45) is 0. The SMILES string of the molecule is CC(C)C(=O)Nc1ccc(C(=O)NNC(=S)NC(=O)c2cc(Cl)cc(Cl)c2)cc1. The summed E-state index contributed by atoms with van der Waals surface area (Å²) in [6, 6.07) is 10.7. The average molecular weight is 453 g/mol. The van der Waals surface area contributed by atoms with Gasteiger partial charge in [0.05, 0.1) is 0 Å². The summed E-state index contributed by atoms with van der Waals surface area (Å²) in [4.78, 5) is 36.0. The van der Waals surface area contributed by atoms with Crippen molar-refractivity contribution in [3.8, 4) is 0 Å². The van der Waals surface area contributed by atoms with Crippen LogP contribution >= 0.6 is 35.4 Å². The van der Waals surface area contributed by atoms with Gasteiger partial charge in [-0.05, 0) is 54.7 Å². The third kappa shape index (κ3) is 7.01. The topological polar surface area (TPSA) is 99.3 Å². The largest absolute Gasteiger partial charge is 0.326 e. The molecule has 0 aromatic heterocycles. The van der Waals surface area contributed by atoms with Crippen molar-refractivity contribution in [2.45, 2.75) is 13.8 Å². The third-order valence-corrected chi connectivity index (χ3v) is 4.22. The molecule has 0 aliphatic heterocycles. The molecule has 0 aliphatic rings. The number of amides is 3. The summed E-state index contributed by atoms with van der Waals surface area (Å²) in [7, 11) is 0. The van der Waals surface area contributed by atoms with Crippen molar-refractivity contribution in [1.82, 2.24) is 16.2 Å². The highest BCUT2D eigenvalue weighted by Gasteiger charge is 2.12. The minimum Gasteiger partial charge on any atom is -0.326 e. The van der Waals surface area contributed by atoms with Gasteiger partial charge in [-0.2, -0.15) is 0 Å². The summed E-state index contributed by atoms with van der Waals surface area (Å²) in [6.45, 7) is 3.57. The Morgan fingerprint density at radius 2 is 1.45 bits per heavy atom. The van der Waals surface area contributed by atoms with Crippen molar-refractivity contribution in [3.63, 3.8) is 0 Å². The molecule has 152 valence electrons. The van der Waals surface area contributed by atoms with Gasteiger partial charge in [-0.1, -0.05) is 37.0 Å². The van der Waals surface area contributed by atoms with Crippen LogP contribution in [0.3, 0.4) is 0 Å². The lowest BCUT2D eigenvalue weighted by molar-refractivity contribution is -0.118. The minimum absolute atomic E-state index is 0.111. The van der Waals surface area contributed by atoms with Gasteiger partial charge in [0.15, 0.2) is 5.11 Å². The molecule has 29 heavy (non-hydrogen) atoms. The molecular weight excluding hydrogens is 435 g/mol. The Morgan fingerprint density at radius 1 is 0.862 bits per heavy atom. The molecule has 4 N–H and O–H groups in total. The molecule has 10 heteroatoms. The maximum Gasteiger partial charge on any atom is 0.269 e. The molecule has 7 nitrogen and oxygen atoms in total. The Morgan fingerprint density at radius 3 is 2.00 bits per heavy atom. The van der Waals surface area contributed by atoms with Crippen LogP contribution in [0.15, 0.2) is 42.5 Å². The van der Waals surface area contributed by atoms with Crippen LogP contribution in [0.25, 0.3) is 0 Å². The van der Waals surface area contributed by atoms with E-state index in [0.29, 0.717) is 21.3 Å². The second-order valence-corrected chi connectivity index (χ2v) is 7.52. The van der Waals surface area contributed by atoms with Gasteiger partial charge < -0.3 is 5.32 Å². The molecule has 2 rings (SSSR count). The van der Waals surface area contributed by atoms with Crippen molar-refractivity contribution in [2.24, 2.45) is 5.92 Å². The highest BCUT2D eigenvalue weighted by atomic mass is 35.5. The number of benzene rings is 2. The number of thiocarbonyl (C=S) groups is 1. The van der Waals surface area contributed by atoms with Crippen LogP contribution in [-0.2, 0) is 4.79 Å². The number of hydrogen-bond donors (Lipinski definition) is 4. The van der Waals surface area contributed by atoms with Gasteiger partial charge >= 0.3 is 0 Å². The summed E-state index contributed by atoms with van der Waals surface area (Å²) in [5.74, 6) is -1.28. The lowest BCUT2D eigenvalue weighted by Crippen LogP contribution is -2.48. The molecule has 0 spiro atoms. The van der Waals surface area contributed by atoms with Crippen molar-refractivity contribution in [2.75, 3.05) is 5.32 Å². The molecule has 0 saturated heterocycles. The molecule has 0 unspecified atom stereocenters. The number of carbonyl (C=O) groups is 3. The fourth-order valence-corrected chi connectivity index (χ4v) is 2.74. The van der Waals surface area contributed by atoms with Gasteiger partial charge in [-0.25, -0.2) is 0 Å². The second-order valence-electron chi connectivity index (χ2n) is 6.24. The van der Waals surface area contributed by atoms with Crippen molar-refractivity contribution in [3.05, 3.63) is 63.6 Å². The molecule has 0 aliphatic carbocycles. The van der Waals surface area contributed by atoms with Gasteiger partial charge in [0.1, 0.15) is 0 Å². The zero-order valence-electron chi connectivity index (χ0n) is 15.5. The van der Waals surface area contributed by atoms with Crippen molar-refractivity contribution >= 4 is 63.9 Å². The Balaban J connectivity index is 1.87. The number of carbonyl (C=O) groups excluding carboxylic acids is 3. The van der Waals surface area contributed by atoms with E-state index in [1.54, 1.807) is 38.1 Å². The maximum absolute atomic E-state index is 12.2. The number of halogens is 2. The zero-order chi connectivity index (χ0) is 21.6. The van der Waals surface area contributed by atoms with Gasteiger partial charge in [0.25, 0.3) is 11.8 Å². The molecule has 0 fully saturated rings. The number of hydrogen-bond acceptors (Lipinski definition) is 4. The van der Waals surface area contributed by atoms with E-state index in [4.69, 9.17) is 35.4 Å². The van der Waals surface area contributed by atoms with E-state index >= 15 is 0 Å². The Hall–Kier alpha value is -2.68. The van der Waals surface area contributed by atoms with Crippen LogP contribution in [0.4, 0.5) is 5.69 Å². The van der Waals surface area contributed by atoms with E-state index in [1.165, 1.54) is 18.2 Å². The fourth-order valence-electron chi connectivity index (χ4n) is 2.07. The van der Waals surface area contributed by atoms with Gasteiger partial charge in [-0.15, -0.1) is 0 Å². The maximum atomic E-state index is 12.2. The zero-order valence-corrected chi connectivity index (χ0v) is 17.8. The molecule has 2 aromatic rings. The lowest BCUT2D eigenvalue weighted by atomic mass is 10.1. The van der Waals surface area contributed by atoms with Gasteiger partial charge in [0.2, 0.25) is 5.91 Å². The Labute approximate surface area is 183 Å². The van der Waals surface area contributed by atoms with Gasteiger partial charge in [0, 0.05) is 32.8 Å². The summed E-state index contributed by atoms with van der Waals surface area (Å²) in [5.41, 5.74) is 5.94. The van der Waals surface area contributed by atoms with Gasteiger partial charge in [-0.3, -0.25) is 30.6 Å². The molecule has 3 amide bonds. The molecule has 0 saturated carbocycles. The van der Waals surface area contributed by atoms with E-state index in [9.17, 15) is 14.4 Å². The predicted octanol–water partition coefficient (Wildman–Crippen LogP) is 3.54. The standard InChI is InChI=1S/C19H18Cl2N4O3S/c1-10(2)16(26)22-15-5-3-11(4-6-15)18(28)24-25-19(29)23-17(27)12-7-13(20)9-14(21)8-12/h3-10H,1-2H3,(H,22,26)(H,24,28)(H2,23,25,27,29). The Kier molecular flexibility index (Phi) is 7.95. The van der Waals surface area contributed by atoms with E-state index in [-0.39, 0.29) is 22.5 Å². The normalized spacial score (nSPS) is 10.2. The third-order valence-electron chi connectivity index (χ3n) is 3.58. The predicted molar refractivity (Wildman–Crippen MR) is 117 cm³/mol. The first-order valence-electron chi connectivity index (χ1n) is 8.44. The first-order chi connectivity index (χ1) is 13.7. The molecule has 0 heterocycles. The molecule has 0 atom stereocenters. The van der Waals surface area contributed by atoms with Crippen LogP contribution < -0.4 is 21.5 Å². The minimum atomic E-state index is -0.536. The lowest BCUT2D eigenvalue weighted by Gasteiger charge is -2.12. The van der Waals surface area contributed by atoms with Crippen molar-refractivity contribution in [1.29, 1.82) is 0 Å². The van der Waals surface area contributed by atoms with E-state index in [1.807, 2.05) is 0 Å². The molecule has 2 aromatic carbocycles. The highest BCUT2D eigenvalue weighted by molar-refractivity contribution is 7.80. The van der Waals surface area contributed by atoms with Crippen LogP contribution in [0.5, 0.6) is 0 Å². The van der Waals surface area contributed by atoms with Crippen LogP contribution in [0, 0.1) is 5.92 Å². The first-order valence-corrected chi connectivity index (χ1v) is 9.61. The van der Waals surface area contributed by atoms with Crippen LogP contribution in [0.2, 0.25) is 10.0 Å². The second kappa shape index (κ2) is 10.2. The number of nitrogens with one attached hydrogen (secondary N) is 4. The Bertz CT molecular complexity index is 929. The first kappa shape index (κ1) is 22.6. The molecule has 0 bridgehead atoms. The monoisotopic (exact) mass is 452 g/mol. The van der Waals surface area contributed by atoms with Crippen LogP contribution in [0.1, 0.15) is 34.6 Å². The van der Waals surface area contributed by atoms with E-state index < -0.39 is 11.8 Å². The molecular formula is C19H18Cl2N4O3S. The summed E-state index contributed by atoms with van der Waals surface area (Å²) >= 11 is 16.7. The smallest absolute Gasteiger partial charge is 0.269 e. The van der Waals surface area contributed by atoms with Crippen molar-refractivity contribution < 1.29 is 14.4 Å².